The summed E-state index contributed by atoms with van der Waals surface area (Å²) in [5.41, 5.74) is 1.09. The minimum Gasteiger partial charge on any atom is -0.495 e. The summed E-state index contributed by atoms with van der Waals surface area (Å²) in [7, 11) is 1.60. The van der Waals surface area contributed by atoms with Crippen molar-refractivity contribution in [3.05, 3.63) is 46.6 Å². The molecule has 166 valence electrons. The predicted molar refractivity (Wildman–Crippen MR) is 113 cm³/mol. The molecule has 2 aliphatic heterocycles. The van der Waals surface area contributed by atoms with Crippen LogP contribution in [0.2, 0.25) is 5.02 Å². The van der Waals surface area contributed by atoms with Gasteiger partial charge >= 0.3 is 6.18 Å². The summed E-state index contributed by atoms with van der Waals surface area (Å²) in [6.45, 7) is 1.65. The molecule has 1 fully saturated rings. The van der Waals surface area contributed by atoms with Crippen LogP contribution in [-0.2, 0) is 17.4 Å². The number of hydrogen-bond donors (Lipinski definition) is 0. The number of carbonyl (C=O) groups excluding carboxylic acids is 1. The van der Waals surface area contributed by atoms with Gasteiger partial charge in [-0.3, -0.25) is 4.79 Å². The zero-order valence-electron chi connectivity index (χ0n) is 17.1. The number of piperidine rings is 1. The summed E-state index contributed by atoms with van der Waals surface area (Å²) in [6.07, 6.45) is -0.712. The van der Waals surface area contributed by atoms with E-state index in [1.54, 1.807) is 7.11 Å². The summed E-state index contributed by atoms with van der Waals surface area (Å²) in [6, 6.07) is 6.73. The van der Waals surface area contributed by atoms with E-state index in [2.05, 4.69) is 4.98 Å². The highest BCUT2D eigenvalue weighted by molar-refractivity contribution is 6.33. The van der Waals surface area contributed by atoms with E-state index in [0.717, 1.165) is 36.4 Å². The molecule has 2 aliphatic rings. The molecule has 2 aromatic rings. The second kappa shape index (κ2) is 8.57. The zero-order chi connectivity index (χ0) is 22.2. The Kier molecular flexibility index (Phi) is 6.01. The van der Waals surface area contributed by atoms with Crippen LogP contribution in [0.15, 0.2) is 30.5 Å². The third-order valence-corrected chi connectivity index (χ3v) is 6.24. The Balaban J connectivity index is 1.46. The van der Waals surface area contributed by atoms with Gasteiger partial charge < -0.3 is 14.5 Å². The van der Waals surface area contributed by atoms with Crippen molar-refractivity contribution in [1.29, 1.82) is 0 Å². The van der Waals surface area contributed by atoms with Crippen LogP contribution < -0.4 is 14.5 Å². The van der Waals surface area contributed by atoms with Gasteiger partial charge in [0, 0.05) is 31.7 Å². The Morgan fingerprint density at radius 2 is 1.97 bits per heavy atom. The van der Waals surface area contributed by atoms with Crippen molar-refractivity contribution in [3.8, 4) is 5.75 Å². The van der Waals surface area contributed by atoms with Crippen LogP contribution in [0.1, 0.15) is 30.4 Å². The smallest absolute Gasteiger partial charge is 0.417 e. The molecule has 0 bridgehead atoms. The zero-order valence-corrected chi connectivity index (χ0v) is 17.8. The SMILES string of the molecule is COc1cccc2c1N(C(=O)C1CCN(c3ncc(C(F)(F)F)cc3Cl)CC1)CCC2. The average Bonchev–Trinajstić information content (AvgIpc) is 2.77. The van der Waals surface area contributed by atoms with Crippen molar-refractivity contribution in [2.24, 2.45) is 5.92 Å². The molecule has 1 aromatic heterocycles. The molecular formula is C22H23ClF3N3O2. The lowest BCUT2D eigenvalue weighted by Gasteiger charge is -2.37. The van der Waals surface area contributed by atoms with Gasteiger partial charge in [0.05, 0.1) is 23.4 Å². The molecule has 5 nitrogen and oxygen atoms in total. The van der Waals surface area contributed by atoms with Gasteiger partial charge in [0.15, 0.2) is 0 Å². The summed E-state index contributed by atoms with van der Waals surface area (Å²) in [5.74, 6) is 0.922. The number of aryl methyl sites for hydroxylation is 1. The Bertz CT molecular complexity index is 961. The first-order chi connectivity index (χ1) is 14.8. The quantitative estimate of drug-likeness (QED) is 0.659. The molecule has 0 saturated carbocycles. The number of halogens is 4. The molecule has 0 spiro atoms. The number of anilines is 2. The van der Waals surface area contributed by atoms with Crippen molar-refractivity contribution in [2.45, 2.75) is 31.9 Å². The molecule has 3 heterocycles. The van der Waals surface area contributed by atoms with E-state index in [4.69, 9.17) is 16.3 Å². The molecule has 31 heavy (non-hydrogen) atoms. The molecule has 0 unspecified atom stereocenters. The largest absolute Gasteiger partial charge is 0.495 e. The van der Waals surface area contributed by atoms with Crippen LogP contribution in [0.3, 0.4) is 0 Å². The van der Waals surface area contributed by atoms with Crippen molar-refractivity contribution >= 4 is 29.0 Å². The molecule has 0 aliphatic carbocycles. The second-order valence-electron chi connectivity index (χ2n) is 7.85. The van der Waals surface area contributed by atoms with Crippen LogP contribution in [0, 0.1) is 5.92 Å². The van der Waals surface area contributed by atoms with Gasteiger partial charge in [0.25, 0.3) is 0 Å². The third-order valence-electron chi connectivity index (χ3n) is 5.96. The van der Waals surface area contributed by atoms with Gasteiger partial charge in [-0.1, -0.05) is 23.7 Å². The monoisotopic (exact) mass is 453 g/mol. The van der Waals surface area contributed by atoms with E-state index in [9.17, 15) is 18.0 Å². The number of methoxy groups -OCH3 is 1. The Hall–Kier alpha value is -2.48. The minimum atomic E-state index is -4.49. The molecule has 0 atom stereocenters. The lowest BCUT2D eigenvalue weighted by molar-refractivity contribution is -0.137. The van der Waals surface area contributed by atoms with Crippen molar-refractivity contribution < 1.29 is 22.7 Å². The topological polar surface area (TPSA) is 45.7 Å². The number of pyridine rings is 1. The summed E-state index contributed by atoms with van der Waals surface area (Å²) in [5, 5.41) is -0.0331. The molecule has 4 rings (SSSR count). The number of ether oxygens (including phenoxy) is 1. The van der Waals surface area contributed by atoms with Crippen LogP contribution in [0.25, 0.3) is 0 Å². The second-order valence-corrected chi connectivity index (χ2v) is 8.26. The number of benzene rings is 1. The maximum absolute atomic E-state index is 13.3. The first-order valence-electron chi connectivity index (χ1n) is 10.2. The summed E-state index contributed by atoms with van der Waals surface area (Å²) >= 11 is 6.09. The molecular weight excluding hydrogens is 431 g/mol. The first kappa shape index (κ1) is 21.7. The highest BCUT2D eigenvalue weighted by atomic mass is 35.5. The van der Waals surface area contributed by atoms with Gasteiger partial charge in [0.1, 0.15) is 11.6 Å². The number of alkyl halides is 3. The van der Waals surface area contributed by atoms with E-state index < -0.39 is 11.7 Å². The number of aromatic nitrogens is 1. The normalized spacial score (nSPS) is 17.5. The summed E-state index contributed by atoms with van der Waals surface area (Å²) in [4.78, 5) is 21.0. The van der Waals surface area contributed by atoms with Gasteiger partial charge in [-0.15, -0.1) is 0 Å². The number of nitrogens with zero attached hydrogens (tertiary/aromatic N) is 3. The molecule has 9 heteroatoms. The van der Waals surface area contributed by atoms with Crippen LogP contribution >= 0.6 is 11.6 Å². The van der Waals surface area contributed by atoms with Crippen molar-refractivity contribution in [1.82, 2.24) is 4.98 Å². The van der Waals surface area contributed by atoms with E-state index in [0.29, 0.717) is 44.0 Å². The number of hydrogen-bond acceptors (Lipinski definition) is 4. The van der Waals surface area contributed by atoms with E-state index >= 15 is 0 Å². The van der Waals surface area contributed by atoms with Gasteiger partial charge in [0.2, 0.25) is 5.91 Å². The maximum Gasteiger partial charge on any atom is 0.417 e. The van der Waals surface area contributed by atoms with Crippen LogP contribution in [0.5, 0.6) is 5.75 Å². The van der Waals surface area contributed by atoms with Crippen molar-refractivity contribution in [3.63, 3.8) is 0 Å². The standard InChI is InChI=1S/C22H23ClF3N3O2/c1-31-18-6-2-4-14-5-3-9-29(19(14)18)21(30)15-7-10-28(11-8-15)20-17(23)12-16(13-27-20)22(24,25)26/h2,4,6,12-13,15H,3,5,7-11H2,1H3. The fraction of sp³-hybridized carbons (Fsp3) is 0.455. The van der Waals surface area contributed by atoms with Gasteiger partial charge in [-0.25, -0.2) is 4.98 Å². The number of amides is 1. The maximum atomic E-state index is 13.3. The Labute approximate surface area is 183 Å². The lowest BCUT2D eigenvalue weighted by Crippen LogP contribution is -2.44. The van der Waals surface area contributed by atoms with Crippen LogP contribution in [0.4, 0.5) is 24.7 Å². The van der Waals surface area contributed by atoms with E-state index in [-0.39, 0.29) is 16.8 Å². The van der Waals surface area contributed by atoms with Gasteiger partial charge in [-0.05, 0) is 43.4 Å². The third kappa shape index (κ3) is 4.31. The minimum absolute atomic E-state index is 0.0331. The fourth-order valence-corrected chi connectivity index (χ4v) is 4.66. The highest BCUT2D eigenvalue weighted by Crippen LogP contribution is 2.39. The lowest BCUT2D eigenvalue weighted by atomic mass is 9.92. The van der Waals surface area contributed by atoms with Gasteiger partial charge in [-0.2, -0.15) is 13.2 Å². The number of para-hydroxylation sites is 1. The van der Waals surface area contributed by atoms with E-state index in [1.165, 1.54) is 0 Å². The number of carbonyl (C=O) groups is 1. The Morgan fingerprint density at radius 3 is 2.61 bits per heavy atom. The molecule has 1 amide bonds. The first-order valence-corrected chi connectivity index (χ1v) is 10.6. The molecule has 1 aromatic carbocycles. The van der Waals surface area contributed by atoms with Crippen LogP contribution in [-0.4, -0.2) is 37.6 Å². The summed E-state index contributed by atoms with van der Waals surface area (Å²) < 4.78 is 44.1. The number of fused-ring (bicyclic) bond motifs is 1. The highest BCUT2D eigenvalue weighted by Gasteiger charge is 2.35. The number of rotatable bonds is 3. The molecule has 0 radical (unpaired) electrons. The average molecular weight is 454 g/mol. The van der Waals surface area contributed by atoms with E-state index in [1.807, 2.05) is 28.0 Å². The predicted octanol–water partition coefficient (Wildman–Crippen LogP) is 4.96. The fourth-order valence-electron chi connectivity index (χ4n) is 4.38. The Morgan fingerprint density at radius 1 is 1.23 bits per heavy atom. The molecule has 1 saturated heterocycles. The van der Waals surface area contributed by atoms with Crippen molar-refractivity contribution in [2.75, 3.05) is 36.5 Å². The molecule has 0 N–H and O–H groups in total.